The lowest BCUT2D eigenvalue weighted by Crippen LogP contribution is -2.17. The minimum absolute atomic E-state index is 0.0956. The molecule has 0 saturated carbocycles. The topological polar surface area (TPSA) is 91.2 Å². The van der Waals surface area contributed by atoms with E-state index in [-0.39, 0.29) is 11.2 Å². The molecule has 0 bridgehead atoms. The van der Waals surface area contributed by atoms with E-state index in [4.69, 9.17) is 9.47 Å². The lowest BCUT2D eigenvalue weighted by molar-refractivity contribution is -0.113. The van der Waals surface area contributed by atoms with Crippen molar-refractivity contribution in [1.29, 1.82) is 0 Å². The molecule has 3 aromatic rings. The number of hydrogen-bond donors (Lipinski definition) is 1. The highest BCUT2D eigenvalue weighted by Gasteiger charge is 2.32. The van der Waals surface area contributed by atoms with E-state index in [2.05, 4.69) is 20.4 Å². The van der Waals surface area contributed by atoms with Crippen LogP contribution in [0.4, 0.5) is 5.82 Å². The van der Waals surface area contributed by atoms with Crippen LogP contribution >= 0.6 is 11.8 Å². The number of thioether (sulfide) groups is 1. The van der Waals surface area contributed by atoms with Crippen LogP contribution in [-0.2, 0) is 4.79 Å². The van der Waals surface area contributed by atoms with Gasteiger partial charge in [0.2, 0.25) is 5.91 Å². The second-order valence-corrected chi connectivity index (χ2v) is 8.15. The molecule has 0 spiro atoms. The van der Waals surface area contributed by atoms with Crippen molar-refractivity contribution in [1.82, 2.24) is 19.7 Å². The predicted octanol–water partition coefficient (Wildman–Crippen LogP) is 3.38. The molecule has 0 saturated heterocycles. The second kappa shape index (κ2) is 7.98. The Balaban J connectivity index is 1.91. The molecule has 3 heterocycles. The molecule has 1 atom stereocenters. The lowest BCUT2D eigenvalue weighted by atomic mass is 10.0. The number of aromatic nitrogens is 4. The number of ether oxygens (including phenoxy) is 2. The second-order valence-electron chi connectivity index (χ2n) is 7.06. The Morgan fingerprint density at radius 2 is 1.83 bits per heavy atom. The van der Waals surface area contributed by atoms with Crippen molar-refractivity contribution in [3.63, 3.8) is 0 Å². The van der Waals surface area contributed by atoms with Crippen LogP contribution in [0.15, 0.2) is 24.3 Å². The molecular formula is C21H23N5O3S. The van der Waals surface area contributed by atoms with Crippen LogP contribution in [0, 0.1) is 20.8 Å². The number of nitrogens with one attached hydrogen (secondary N) is 1. The molecule has 4 rings (SSSR count). The fourth-order valence-corrected chi connectivity index (χ4v) is 4.82. The minimum Gasteiger partial charge on any atom is -0.497 e. The van der Waals surface area contributed by atoms with Crippen LogP contribution in [-0.4, -0.2) is 45.6 Å². The summed E-state index contributed by atoms with van der Waals surface area (Å²) < 4.78 is 12.6. The molecule has 1 amide bonds. The highest BCUT2D eigenvalue weighted by molar-refractivity contribution is 8.00. The molecule has 156 valence electrons. The fourth-order valence-electron chi connectivity index (χ4n) is 3.61. The van der Waals surface area contributed by atoms with E-state index in [0.717, 1.165) is 28.2 Å². The Morgan fingerprint density at radius 1 is 1.10 bits per heavy atom. The number of rotatable bonds is 4. The molecular weight excluding hydrogens is 402 g/mol. The first kappa shape index (κ1) is 20.2. The van der Waals surface area contributed by atoms with Gasteiger partial charge in [-0.15, -0.1) is 11.8 Å². The maximum Gasteiger partial charge on any atom is 0.252 e. The first-order valence-electron chi connectivity index (χ1n) is 9.46. The molecule has 1 N–H and O–H groups in total. The van der Waals surface area contributed by atoms with E-state index in [1.807, 2.05) is 45.0 Å². The molecule has 30 heavy (non-hydrogen) atoms. The number of methoxy groups -OCH3 is 2. The Kier molecular flexibility index (Phi) is 5.38. The highest BCUT2D eigenvalue weighted by Crippen LogP contribution is 2.47. The van der Waals surface area contributed by atoms with E-state index >= 15 is 0 Å². The smallest absolute Gasteiger partial charge is 0.252 e. The Labute approximate surface area is 179 Å². The molecule has 0 unspecified atom stereocenters. The standard InChI is InChI=1S/C21H23N5O3S/c1-11-8-12(2)23-21(22-11)26-20-18(13(3)25-26)19(30-10-17(27)24-20)15-7-6-14(28-4)9-16(15)29-5/h6-9,19H,10H2,1-5H3,(H,24,27)/t19-/m0/s1. The Bertz CT molecular complexity index is 1110. The zero-order chi connectivity index (χ0) is 21.4. The summed E-state index contributed by atoms with van der Waals surface area (Å²) in [6.45, 7) is 5.75. The van der Waals surface area contributed by atoms with E-state index in [9.17, 15) is 4.79 Å². The minimum atomic E-state index is -0.153. The Hall–Kier alpha value is -3.07. The van der Waals surface area contributed by atoms with Crippen LogP contribution in [0.2, 0.25) is 0 Å². The summed E-state index contributed by atoms with van der Waals surface area (Å²) in [7, 11) is 3.25. The number of carbonyl (C=O) groups excluding carboxylic acids is 1. The highest BCUT2D eigenvalue weighted by atomic mass is 32.2. The van der Waals surface area contributed by atoms with E-state index < -0.39 is 0 Å². The van der Waals surface area contributed by atoms with E-state index in [0.29, 0.717) is 29.0 Å². The Morgan fingerprint density at radius 3 is 2.50 bits per heavy atom. The molecule has 2 aromatic heterocycles. The van der Waals surface area contributed by atoms with Crippen molar-refractivity contribution in [3.8, 4) is 17.4 Å². The molecule has 1 aromatic carbocycles. The van der Waals surface area contributed by atoms with Gasteiger partial charge >= 0.3 is 0 Å². The van der Waals surface area contributed by atoms with E-state index in [1.54, 1.807) is 18.9 Å². The summed E-state index contributed by atoms with van der Waals surface area (Å²) in [5, 5.41) is 7.53. The third-order valence-electron chi connectivity index (χ3n) is 4.89. The molecule has 0 fully saturated rings. The number of hydrogen-bond acceptors (Lipinski definition) is 7. The molecule has 9 heteroatoms. The number of nitrogens with zero attached hydrogens (tertiary/aromatic N) is 4. The van der Waals surface area contributed by atoms with Crippen LogP contribution in [0.3, 0.4) is 0 Å². The summed E-state index contributed by atoms with van der Waals surface area (Å²) in [6.07, 6.45) is 0. The van der Waals surface area contributed by atoms with Crippen molar-refractivity contribution in [2.75, 3.05) is 25.3 Å². The third-order valence-corrected chi connectivity index (χ3v) is 6.14. The number of carbonyl (C=O) groups is 1. The van der Waals surface area contributed by atoms with Gasteiger partial charge in [0, 0.05) is 28.6 Å². The number of amides is 1. The van der Waals surface area contributed by atoms with Gasteiger partial charge in [0.05, 0.1) is 30.9 Å². The molecule has 0 aliphatic carbocycles. The maximum absolute atomic E-state index is 12.5. The van der Waals surface area contributed by atoms with Gasteiger partial charge < -0.3 is 14.8 Å². The van der Waals surface area contributed by atoms with E-state index in [1.165, 1.54) is 11.8 Å². The number of fused-ring (bicyclic) bond motifs is 1. The summed E-state index contributed by atoms with van der Waals surface area (Å²) in [5.41, 5.74) is 4.33. The van der Waals surface area contributed by atoms with Crippen LogP contribution < -0.4 is 14.8 Å². The first-order valence-corrected chi connectivity index (χ1v) is 10.5. The van der Waals surface area contributed by atoms with Crippen molar-refractivity contribution in [3.05, 3.63) is 52.5 Å². The summed E-state index contributed by atoms with van der Waals surface area (Å²) in [4.78, 5) is 21.6. The quantitative estimate of drug-likeness (QED) is 0.685. The molecule has 8 nitrogen and oxygen atoms in total. The monoisotopic (exact) mass is 425 g/mol. The van der Waals surface area contributed by atoms with Gasteiger partial charge in [-0.2, -0.15) is 9.78 Å². The van der Waals surface area contributed by atoms with Crippen LogP contribution in [0.1, 0.15) is 33.5 Å². The maximum atomic E-state index is 12.5. The van der Waals surface area contributed by atoms with Crippen molar-refractivity contribution < 1.29 is 14.3 Å². The third kappa shape index (κ3) is 3.60. The van der Waals surface area contributed by atoms with Gasteiger partial charge in [-0.05, 0) is 32.9 Å². The van der Waals surface area contributed by atoms with Crippen molar-refractivity contribution in [2.45, 2.75) is 26.0 Å². The number of benzene rings is 1. The predicted molar refractivity (Wildman–Crippen MR) is 116 cm³/mol. The first-order chi connectivity index (χ1) is 14.4. The van der Waals surface area contributed by atoms with Gasteiger partial charge in [-0.3, -0.25) is 4.79 Å². The molecule has 1 aliphatic heterocycles. The number of anilines is 1. The largest absolute Gasteiger partial charge is 0.497 e. The van der Waals surface area contributed by atoms with Gasteiger partial charge in [-0.25, -0.2) is 9.97 Å². The van der Waals surface area contributed by atoms with Gasteiger partial charge in [0.15, 0.2) is 0 Å². The van der Waals surface area contributed by atoms with Crippen molar-refractivity contribution >= 4 is 23.5 Å². The van der Waals surface area contributed by atoms with Gasteiger partial charge in [-0.1, -0.05) is 6.07 Å². The zero-order valence-electron chi connectivity index (χ0n) is 17.5. The fraction of sp³-hybridized carbons (Fsp3) is 0.333. The average molecular weight is 426 g/mol. The van der Waals surface area contributed by atoms with Crippen LogP contribution in [0.5, 0.6) is 11.5 Å². The summed E-state index contributed by atoms with van der Waals surface area (Å²) in [5.74, 6) is 2.64. The van der Waals surface area contributed by atoms with Gasteiger partial charge in [0.1, 0.15) is 17.3 Å². The average Bonchev–Trinajstić information content (AvgIpc) is 2.92. The molecule has 0 radical (unpaired) electrons. The number of aryl methyl sites for hydroxylation is 3. The normalized spacial score (nSPS) is 15.9. The van der Waals surface area contributed by atoms with Gasteiger partial charge in [0.25, 0.3) is 5.95 Å². The lowest BCUT2D eigenvalue weighted by Gasteiger charge is -2.19. The SMILES string of the molecule is COc1ccc([C@@H]2SCC(=O)Nc3c2c(C)nn3-c2nc(C)cc(C)n2)c(OC)c1. The zero-order valence-corrected chi connectivity index (χ0v) is 18.3. The summed E-state index contributed by atoms with van der Waals surface area (Å²) >= 11 is 1.53. The van der Waals surface area contributed by atoms with Crippen molar-refractivity contribution in [2.24, 2.45) is 0 Å². The molecule has 1 aliphatic rings. The summed E-state index contributed by atoms with van der Waals surface area (Å²) in [6, 6.07) is 7.62. The van der Waals surface area contributed by atoms with Crippen LogP contribution in [0.25, 0.3) is 5.95 Å².